The molecule has 0 amide bonds. The van der Waals surface area contributed by atoms with E-state index in [0.29, 0.717) is 17.2 Å². The quantitative estimate of drug-likeness (QED) is 0.154. The second-order valence-electron chi connectivity index (χ2n) is 8.20. The van der Waals surface area contributed by atoms with Crippen LogP contribution < -0.4 is 14.2 Å². The Labute approximate surface area is 226 Å². The summed E-state index contributed by atoms with van der Waals surface area (Å²) in [6.45, 7) is 8.48. The Morgan fingerprint density at radius 1 is 0.846 bits per heavy atom. The maximum Gasteiger partial charge on any atom is 0.336 e. The Bertz CT molecular complexity index is 1370. The molecule has 0 unspecified atom stereocenters. The van der Waals surface area contributed by atoms with Crippen LogP contribution in [-0.2, 0) is 19.1 Å². The second-order valence-corrected chi connectivity index (χ2v) is 8.20. The Balaban J connectivity index is 1.52. The highest BCUT2D eigenvalue weighted by molar-refractivity contribution is 5.89. The van der Waals surface area contributed by atoms with Gasteiger partial charge in [-0.1, -0.05) is 43.5 Å². The fourth-order valence-corrected chi connectivity index (χ4v) is 3.35. The summed E-state index contributed by atoms with van der Waals surface area (Å²) in [6.07, 6.45) is 4.06. The third kappa shape index (κ3) is 8.84. The zero-order valence-corrected chi connectivity index (χ0v) is 21.4. The van der Waals surface area contributed by atoms with E-state index < -0.39 is 24.5 Å². The van der Waals surface area contributed by atoms with Crippen molar-refractivity contribution in [1.29, 1.82) is 0 Å². The molecule has 0 radical (unpaired) electrons. The SMILES string of the molecule is C=CC(=O)Oc1ccc(OC(=O)/C=C/c2ccc(-c3ccc(OCCOC(=O)C(=C)CO)cc3)c(C)c2)cc1. The molecule has 0 heterocycles. The van der Waals surface area contributed by atoms with Gasteiger partial charge in [0.2, 0.25) is 0 Å². The minimum Gasteiger partial charge on any atom is -0.490 e. The molecule has 0 aliphatic heterocycles. The van der Waals surface area contributed by atoms with E-state index in [1.165, 1.54) is 30.3 Å². The molecule has 0 aromatic heterocycles. The van der Waals surface area contributed by atoms with Crippen LogP contribution in [0.1, 0.15) is 11.1 Å². The number of aliphatic hydroxyl groups excluding tert-OH is 1. The highest BCUT2D eigenvalue weighted by Crippen LogP contribution is 2.27. The van der Waals surface area contributed by atoms with Crippen LogP contribution in [0.2, 0.25) is 0 Å². The average molecular weight is 529 g/mol. The van der Waals surface area contributed by atoms with E-state index >= 15 is 0 Å². The highest BCUT2D eigenvalue weighted by atomic mass is 16.6. The summed E-state index contributed by atoms with van der Waals surface area (Å²) in [5, 5.41) is 8.86. The molecule has 0 bridgehead atoms. The average Bonchev–Trinajstić information content (AvgIpc) is 2.95. The van der Waals surface area contributed by atoms with Gasteiger partial charge in [-0.05, 0) is 71.7 Å². The molecule has 8 heteroatoms. The van der Waals surface area contributed by atoms with Crippen molar-refractivity contribution in [2.24, 2.45) is 0 Å². The first-order valence-electron chi connectivity index (χ1n) is 11.9. The van der Waals surface area contributed by atoms with E-state index in [1.807, 2.05) is 49.4 Å². The molecule has 39 heavy (non-hydrogen) atoms. The topological polar surface area (TPSA) is 108 Å². The zero-order chi connectivity index (χ0) is 28.2. The van der Waals surface area contributed by atoms with Crippen molar-refractivity contribution in [3.63, 3.8) is 0 Å². The largest absolute Gasteiger partial charge is 0.490 e. The summed E-state index contributed by atoms with van der Waals surface area (Å²) in [6, 6.07) is 19.4. The Morgan fingerprint density at radius 3 is 2.05 bits per heavy atom. The van der Waals surface area contributed by atoms with Gasteiger partial charge in [0.1, 0.15) is 30.5 Å². The van der Waals surface area contributed by atoms with E-state index in [1.54, 1.807) is 6.08 Å². The molecular weight excluding hydrogens is 500 g/mol. The summed E-state index contributed by atoms with van der Waals surface area (Å²) < 4.78 is 20.8. The normalized spacial score (nSPS) is 10.5. The Kier molecular flexibility index (Phi) is 10.4. The number of carbonyl (C=O) groups excluding carboxylic acids is 3. The van der Waals surface area contributed by atoms with Crippen LogP contribution in [0, 0.1) is 6.92 Å². The summed E-state index contributed by atoms with van der Waals surface area (Å²) in [5.74, 6) is -0.514. The van der Waals surface area contributed by atoms with Crippen LogP contribution in [0.5, 0.6) is 17.2 Å². The molecule has 3 rings (SSSR count). The van der Waals surface area contributed by atoms with Gasteiger partial charge >= 0.3 is 17.9 Å². The van der Waals surface area contributed by atoms with Gasteiger partial charge in [-0.15, -0.1) is 0 Å². The molecule has 1 N–H and O–H groups in total. The number of carbonyl (C=O) groups is 3. The first kappa shape index (κ1) is 28.6. The number of aryl methyl sites for hydroxylation is 1. The van der Waals surface area contributed by atoms with Crippen molar-refractivity contribution in [2.45, 2.75) is 6.92 Å². The van der Waals surface area contributed by atoms with E-state index in [2.05, 4.69) is 13.2 Å². The summed E-state index contributed by atoms with van der Waals surface area (Å²) >= 11 is 0. The van der Waals surface area contributed by atoms with Crippen molar-refractivity contribution < 1.29 is 38.4 Å². The molecule has 0 spiro atoms. The molecule has 0 aliphatic rings. The van der Waals surface area contributed by atoms with Crippen LogP contribution in [0.25, 0.3) is 17.2 Å². The van der Waals surface area contributed by atoms with E-state index in [9.17, 15) is 14.4 Å². The zero-order valence-electron chi connectivity index (χ0n) is 21.4. The van der Waals surface area contributed by atoms with Crippen molar-refractivity contribution in [3.8, 4) is 28.4 Å². The Morgan fingerprint density at radius 2 is 1.46 bits per heavy atom. The van der Waals surface area contributed by atoms with Gasteiger partial charge in [-0.25, -0.2) is 14.4 Å². The molecule has 8 nitrogen and oxygen atoms in total. The molecule has 3 aromatic carbocycles. The molecule has 0 fully saturated rings. The van der Waals surface area contributed by atoms with Gasteiger partial charge in [-0.2, -0.15) is 0 Å². The fraction of sp³-hybridized carbons (Fsp3) is 0.129. The monoisotopic (exact) mass is 528 g/mol. The minimum absolute atomic E-state index is 0.00609. The number of ether oxygens (including phenoxy) is 4. The second kappa shape index (κ2) is 14.1. The smallest absolute Gasteiger partial charge is 0.336 e. The van der Waals surface area contributed by atoms with Gasteiger partial charge in [-0.3, -0.25) is 0 Å². The van der Waals surface area contributed by atoms with E-state index in [0.717, 1.165) is 28.3 Å². The van der Waals surface area contributed by atoms with Gasteiger partial charge in [0.15, 0.2) is 0 Å². The number of hydrogen-bond donors (Lipinski definition) is 1. The Hall–Kier alpha value is -4.95. The maximum absolute atomic E-state index is 12.2. The molecular formula is C31H28O8. The minimum atomic E-state index is -0.651. The number of esters is 3. The molecule has 0 aliphatic carbocycles. The fourth-order valence-electron chi connectivity index (χ4n) is 3.35. The van der Waals surface area contributed by atoms with Crippen molar-refractivity contribution in [1.82, 2.24) is 0 Å². The lowest BCUT2D eigenvalue weighted by molar-refractivity contribution is -0.140. The number of hydrogen-bond acceptors (Lipinski definition) is 8. The van der Waals surface area contributed by atoms with Crippen LogP contribution in [0.15, 0.2) is 97.6 Å². The van der Waals surface area contributed by atoms with E-state index in [4.69, 9.17) is 24.1 Å². The molecule has 0 saturated heterocycles. The third-order valence-corrected chi connectivity index (χ3v) is 5.32. The number of benzene rings is 3. The summed E-state index contributed by atoms with van der Waals surface area (Å²) in [4.78, 5) is 34.9. The summed E-state index contributed by atoms with van der Waals surface area (Å²) in [7, 11) is 0. The number of rotatable bonds is 12. The van der Waals surface area contributed by atoms with Crippen molar-refractivity contribution in [3.05, 3.63) is 109 Å². The van der Waals surface area contributed by atoms with Crippen LogP contribution in [-0.4, -0.2) is 42.8 Å². The predicted octanol–water partition coefficient (Wildman–Crippen LogP) is 4.84. The number of aliphatic hydroxyl groups is 1. The first-order chi connectivity index (χ1) is 18.8. The van der Waals surface area contributed by atoms with Crippen molar-refractivity contribution in [2.75, 3.05) is 19.8 Å². The molecule has 0 atom stereocenters. The standard InChI is InChI=1S/C31H28O8/c1-4-29(33)38-26-11-13-27(14-12-26)39-30(34)16-6-23-5-15-28(21(2)19-23)24-7-9-25(10-8-24)36-17-18-37-31(35)22(3)20-32/h4-16,19,32H,1,3,17-18,20H2,2H3/b16-6+. The van der Waals surface area contributed by atoms with Crippen molar-refractivity contribution >= 4 is 24.0 Å². The van der Waals surface area contributed by atoms with Gasteiger partial charge in [0.25, 0.3) is 0 Å². The lowest BCUT2D eigenvalue weighted by Gasteiger charge is -2.10. The first-order valence-corrected chi connectivity index (χ1v) is 11.9. The van der Waals surface area contributed by atoms with Gasteiger partial charge < -0.3 is 24.1 Å². The van der Waals surface area contributed by atoms with Crippen LogP contribution >= 0.6 is 0 Å². The lowest BCUT2D eigenvalue weighted by atomic mass is 9.98. The van der Waals surface area contributed by atoms with E-state index in [-0.39, 0.29) is 18.8 Å². The lowest BCUT2D eigenvalue weighted by Crippen LogP contribution is -2.14. The third-order valence-electron chi connectivity index (χ3n) is 5.32. The molecule has 0 saturated carbocycles. The highest BCUT2D eigenvalue weighted by Gasteiger charge is 2.08. The maximum atomic E-state index is 12.2. The van der Waals surface area contributed by atoms with Crippen LogP contribution in [0.3, 0.4) is 0 Å². The summed E-state index contributed by atoms with van der Waals surface area (Å²) in [5.41, 5.74) is 3.85. The van der Waals surface area contributed by atoms with Gasteiger partial charge in [0, 0.05) is 12.2 Å². The van der Waals surface area contributed by atoms with Crippen LogP contribution in [0.4, 0.5) is 0 Å². The predicted molar refractivity (Wildman–Crippen MR) is 146 cm³/mol. The molecule has 200 valence electrons. The molecule has 3 aromatic rings. The van der Waals surface area contributed by atoms with Gasteiger partial charge in [0.05, 0.1) is 12.2 Å².